The number of amides is 1. The number of thiophene rings is 1. The first kappa shape index (κ1) is 19.3. The Morgan fingerprint density at radius 2 is 1.96 bits per heavy atom. The second-order valence-electron chi connectivity index (χ2n) is 5.65. The van der Waals surface area contributed by atoms with Crippen molar-refractivity contribution in [1.82, 2.24) is 4.98 Å². The lowest BCUT2D eigenvalue weighted by atomic mass is 10.00. The number of anilines is 1. The van der Waals surface area contributed by atoms with Gasteiger partial charge >= 0.3 is 5.97 Å². The number of hydrogen-bond acceptors (Lipinski definition) is 5. The molecule has 27 heavy (non-hydrogen) atoms. The van der Waals surface area contributed by atoms with Crippen LogP contribution < -0.4 is 5.32 Å². The molecule has 3 aromatic rings. The van der Waals surface area contributed by atoms with Crippen molar-refractivity contribution in [1.29, 1.82) is 0 Å². The van der Waals surface area contributed by atoms with Gasteiger partial charge in [-0.05, 0) is 36.2 Å². The number of hydrogen-bond donors (Lipinski definition) is 1. The minimum Gasteiger partial charge on any atom is -0.465 e. The fourth-order valence-electron chi connectivity index (χ4n) is 2.71. The predicted molar refractivity (Wildman–Crippen MR) is 110 cm³/mol. The van der Waals surface area contributed by atoms with Crippen LogP contribution in [-0.4, -0.2) is 24.0 Å². The summed E-state index contributed by atoms with van der Waals surface area (Å²) >= 11 is 4.81. The Bertz CT molecular complexity index is 969. The van der Waals surface area contributed by atoms with Crippen LogP contribution in [0.1, 0.15) is 32.5 Å². The smallest absolute Gasteiger partial charge is 0.341 e. The molecule has 0 saturated carbocycles. The molecule has 0 bridgehead atoms. The summed E-state index contributed by atoms with van der Waals surface area (Å²) in [6.07, 6.45) is 3.81. The highest BCUT2D eigenvalue weighted by Crippen LogP contribution is 2.41. The number of halogens is 1. The van der Waals surface area contributed by atoms with E-state index < -0.39 is 5.97 Å². The van der Waals surface area contributed by atoms with Gasteiger partial charge in [-0.15, -0.1) is 11.3 Å². The van der Waals surface area contributed by atoms with E-state index in [0.29, 0.717) is 16.1 Å². The molecule has 0 aliphatic rings. The lowest BCUT2D eigenvalue weighted by Gasteiger charge is -2.08. The summed E-state index contributed by atoms with van der Waals surface area (Å²) in [7, 11) is 1.34. The van der Waals surface area contributed by atoms with Crippen molar-refractivity contribution in [2.24, 2.45) is 0 Å². The van der Waals surface area contributed by atoms with Gasteiger partial charge in [0.2, 0.25) is 0 Å². The Labute approximate surface area is 169 Å². The second-order valence-corrected chi connectivity index (χ2v) is 7.67. The molecule has 0 aliphatic heterocycles. The van der Waals surface area contributed by atoms with E-state index in [1.54, 1.807) is 18.3 Å². The molecule has 0 saturated heterocycles. The summed E-state index contributed by atoms with van der Waals surface area (Å²) in [5.41, 5.74) is 2.49. The van der Waals surface area contributed by atoms with Crippen molar-refractivity contribution in [3.8, 4) is 11.1 Å². The highest BCUT2D eigenvalue weighted by atomic mass is 79.9. The molecule has 2 aromatic heterocycles. The molecule has 2 heterocycles. The van der Waals surface area contributed by atoms with Crippen LogP contribution >= 0.6 is 27.3 Å². The Hall–Kier alpha value is -2.51. The molecular weight excluding hydrogens is 428 g/mol. The lowest BCUT2D eigenvalue weighted by molar-refractivity contribution is 0.0603. The van der Waals surface area contributed by atoms with E-state index >= 15 is 0 Å². The molecule has 1 aromatic carbocycles. The number of aromatic nitrogens is 1. The minimum atomic E-state index is -0.481. The first-order chi connectivity index (χ1) is 13.0. The molecule has 7 heteroatoms. The van der Waals surface area contributed by atoms with Crippen molar-refractivity contribution in [2.45, 2.75) is 13.3 Å². The summed E-state index contributed by atoms with van der Waals surface area (Å²) in [6.45, 7) is 2.02. The van der Waals surface area contributed by atoms with Gasteiger partial charge in [0.15, 0.2) is 0 Å². The molecule has 1 N–H and O–H groups in total. The highest BCUT2D eigenvalue weighted by Gasteiger charge is 2.26. The van der Waals surface area contributed by atoms with E-state index in [9.17, 15) is 9.59 Å². The van der Waals surface area contributed by atoms with Crippen LogP contribution in [0.15, 0.2) is 53.3 Å². The number of nitrogens with zero attached hydrogens (tertiary/aromatic N) is 1. The fraction of sp³-hybridized carbons (Fsp3) is 0.150. The SMILES string of the molecule is CCc1sc(NC(=O)c2cccnc2)c(C(=O)OC)c1-c1ccc(Br)cc1. The molecule has 3 rings (SSSR count). The van der Waals surface area contributed by atoms with Crippen molar-refractivity contribution >= 4 is 44.1 Å². The van der Waals surface area contributed by atoms with Crippen molar-refractivity contribution in [3.63, 3.8) is 0 Å². The largest absolute Gasteiger partial charge is 0.465 e. The lowest BCUT2D eigenvalue weighted by Crippen LogP contribution is -2.14. The number of carbonyl (C=O) groups excluding carboxylic acids is 2. The topological polar surface area (TPSA) is 68.3 Å². The number of ether oxygens (including phenoxy) is 1. The molecule has 0 unspecified atom stereocenters. The molecule has 0 fully saturated rings. The highest BCUT2D eigenvalue weighted by molar-refractivity contribution is 9.10. The van der Waals surface area contributed by atoms with E-state index in [2.05, 4.69) is 26.2 Å². The maximum Gasteiger partial charge on any atom is 0.341 e. The van der Waals surface area contributed by atoms with Gasteiger partial charge < -0.3 is 10.1 Å². The first-order valence-corrected chi connectivity index (χ1v) is 9.87. The maximum atomic E-state index is 12.6. The monoisotopic (exact) mass is 444 g/mol. The summed E-state index contributed by atoms with van der Waals surface area (Å²) in [4.78, 5) is 30.1. The number of carbonyl (C=O) groups is 2. The van der Waals surface area contributed by atoms with Crippen LogP contribution in [0, 0.1) is 0 Å². The van der Waals surface area contributed by atoms with E-state index in [4.69, 9.17) is 4.74 Å². The Morgan fingerprint density at radius 1 is 1.22 bits per heavy atom. The normalized spacial score (nSPS) is 10.5. The number of methoxy groups -OCH3 is 1. The summed E-state index contributed by atoms with van der Waals surface area (Å²) < 4.78 is 5.95. The zero-order chi connectivity index (χ0) is 19.4. The van der Waals surface area contributed by atoms with Gasteiger partial charge in [-0.1, -0.05) is 35.0 Å². The molecule has 138 valence electrons. The number of nitrogens with one attached hydrogen (secondary N) is 1. The molecule has 0 radical (unpaired) electrons. The average molecular weight is 445 g/mol. The fourth-order valence-corrected chi connectivity index (χ4v) is 4.11. The molecule has 0 aliphatic carbocycles. The zero-order valence-corrected chi connectivity index (χ0v) is 17.2. The van der Waals surface area contributed by atoms with Crippen LogP contribution in [0.25, 0.3) is 11.1 Å². The van der Waals surface area contributed by atoms with Gasteiger partial charge in [-0.2, -0.15) is 0 Å². The molecule has 5 nitrogen and oxygen atoms in total. The van der Waals surface area contributed by atoms with E-state index in [1.807, 2.05) is 31.2 Å². The van der Waals surface area contributed by atoms with Gasteiger partial charge in [0, 0.05) is 27.3 Å². The summed E-state index contributed by atoms with van der Waals surface area (Å²) in [5, 5.41) is 3.33. The zero-order valence-electron chi connectivity index (χ0n) is 14.8. The average Bonchev–Trinajstić information content (AvgIpc) is 3.06. The Kier molecular flexibility index (Phi) is 6.03. The van der Waals surface area contributed by atoms with Crippen LogP contribution in [0.5, 0.6) is 0 Å². The van der Waals surface area contributed by atoms with Crippen LogP contribution in [0.2, 0.25) is 0 Å². The molecule has 0 spiro atoms. The number of benzene rings is 1. The van der Waals surface area contributed by atoms with Crippen LogP contribution in [0.3, 0.4) is 0 Å². The van der Waals surface area contributed by atoms with Crippen molar-refractivity contribution in [2.75, 3.05) is 12.4 Å². The maximum absolute atomic E-state index is 12.6. The van der Waals surface area contributed by atoms with E-state index in [-0.39, 0.29) is 5.91 Å². The third-order valence-electron chi connectivity index (χ3n) is 3.98. The molecule has 1 amide bonds. The number of rotatable bonds is 5. The van der Waals surface area contributed by atoms with Crippen LogP contribution in [-0.2, 0) is 11.2 Å². The van der Waals surface area contributed by atoms with Crippen molar-refractivity contribution in [3.05, 3.63) is 69.3 Å². The van der Waals surface area contributed by atoms with E-state index in [1.165, 1.54) is 24.6 Å². The standard InChI is InChI=1S/C20H17BrN2O3S/c1-3-15-16(12-6-8-14(21)9-7-12)17(20(25)26-2)19(27-15)23-18(24)13-5-4-10-22-11-13/h4-11H,3H2,1-2H3,(H,23,24). The Morgan fingerprint density at radius 3 is 2.56 bits per heavy atom. The molecule has 0 atom stereocenters. The second kappa shape index (κ2) is 8.45. The Balaban J connectivity index is 2.10. The van der Waals surface area contributed by atoms with Gasteiger partial charge in [0.1, 0.15) is 10.6 Å². The third-order valence-corrected chi connectivity index (χ3v) is 5.75. The van der Waals surface area contributed by atoms with Gasteiger partial charge in [0.05, 0.1) is 12.7 Å². The van der Waals surface area contributed by atoms with Gasteiger partial charge in [-0.3, -0.25) is 9.78 Å². The van der Waals surface area contributed by atoms with Gasteiger partial charge in [0.25, 0.3) is 5.91 Å². The quantitative estimate of drug-likeness (QED) is 0.550. The summed E-state index contributed by atoms with van der Waals surface area (Å²) in [5.74, 6) is -0.801. The number of esters is 1. The van der Waals surface area contributed by atoms with Crippen LogP contribution in [0.4, 0.5) is 5.00 Å². The van der Waals surface area contributed by atoms with Gasteiger partial charge in [-0.25, -0.2) is 4.79 Å². The third kappa shape index (κ3) is 4.09. The van der Waals surface area contributed by atoms with Crippen molar-refractivity contribution < 1.29 is 14.3 Å². The first-order valence-electron chi connectivity index (χ1n) is 8.26. The number of aryl methyl sites for hydroxylation is 1. The number of pyridine rings is 1. The van der Waals surface area contributed by atoms with E-state index in [0.717, 1.165) is 26.9 Å². The predicted octanol–water partition coefficient (Wildman–Crippen LogP) is 5.17. The summed E-state index contributed by atoms with van der Waals surface area (Å²) in [6, 6.07) is 11.1. The minimum absolute atomic E-state index is 0.320. The molecular formula is C20H17BrN2O3S.